The van der Waals surface area contributed by atoms with E-state index in [2.05, 4.69) is 30.8 Å². The van der Waals surface area contributed by atoms with Gasteiger partial charge in [-0.15, -0.1) is 0 Å². The average Bonchev–Trinajstić information content (AvgIpc) is 2.46. The van der Waals surface area contributed by atoms with E-state index in [1.54, 1.807) is 37.4 Å². The largest absolute Gasteiger partial charge is 0.276 e. The number of hydrogen-bond acceptors (Lipinski definition) is 4. The molecule has 1 aromatic heterocycles. The summed E-state index contributed by atoms with van der Waals surface area (Å²) < 4.78 is 24.9. The molecular formula is C13H12BrN3O2S. The maximum atomic E-state index is 12.0. The van der Waals surface area contributed by atoms with Crippen molar-refractivity contribution < 1.29 is 8.42 Å². The van der Waals surface area contributed by atoms with Gasteiger partial charge in [0.2, 0.25) is 0 Å². The van der Waals surface area contributed by atoms with Crippen LogP contribution >= 0.6 is 15.9 Å². The molecule has 0 fully saturated rings. The Kier molecular flexibility index (Phi) is 4.51. The van der Waals surface area contributed by atoms with Crippen LogP contribution < -0.4 is 4.83 Å². The Labute approximate surface area is 125 Å². The van der Waals surface area contributed by atoms with Crippen LogP contribution in [0, 0.1) is 0 Å². The third kappa shape index (κ3) is 3.64. The van der Waals surface area contributed by atoms with Crippen LogP contribution in [-0.2, 0) is 10.0 Å². The first-order valence-electron chi connectivity index (χ1n) is 5.72. The lowest BCUT2D eigenvalue weighted by Crippen LogP contribution is -2.20. The lowest BCUT2D eigenvalue weighted by molar-refractivity contribution is 0.584. The number of aromatic nitrogens is 1. The molecule has 1 heterocycles. The number of nitrogens with one attached hydrogen (secondary N) is 1. The fourth-order valence-corrected chi connectivity index (χ4v) is 2.55. The Bertz CT molecular complexity index is 713. The van der Waals surface area contributed by atoms with Crippen LogP contribution in [0.15, 0.2) is 63.1 Å². The molecule has 104 valence electrons. The number of rotatable bonds is 4. The molecule has 0 aliphatic rings. The third-order valence-electron chi connectivity index (χ3n) is 2.49. The Hall–Kier alpha value is -1.73. The summed E-state index contributed by atoms with van der Waals surface area (Å²) in [5.74, 6) is 0. The normalized spacial score (nSPS) is 12.2. The minimum atomic E-state index is -3.67. The minimum absolute atomic E-state index is 0.151. The minimum Gasteiger partial charge on any atom is -0.255 e. The first kappa shape index (κ1) is 14.7. The Balaban J connectivity index is 2.19. The number of benzene rings is 1. The van der Waals surface area contributed by atoms with Gasteiger partial charge in [-0.2, -0.15) is 18.4 Å². The second-order valence-corrected chi connectivity index (χ2v) is 6.54. The maximum absolute atomic E-state index is 12.0. The standard InChI is InChI=1S/C13H12BrN3O2S/c1-10(13-4-2-3-9-15-13)16-17-20(18,19)12-7-5-11(14)6-8-12/h2-9,17H,1H3/b16-10+. The van der Waals surface area contributed by atoms with Crippen LogP contribution in [0.5, 0.6) is 0 Å². The van der Waals surface area contributed by atoms with Gasteiger partial charge < -0.3 is 0 Å². The van der Waals surface area contributed by atoms with Crippen molar-refractivity contribution in [3.8, 4) is 0 Å². The van der Waals surface area contributed by atoms with Crippen molar-refractivity contribution in [2.45, 2.75) is 11.8 Å². The van der Waals surface area contributed by atoms with Crippen molar-refractivity contribution in [2.24, 2.45) is 5.10 Å². The van der Waals surface area contributed by atoms with Crippen LogP contribution in [0.2, 0.25) is 0 Å². The predicted octanol–water partition coefficient (Wildman–Crippen LogP) is 2.55. The lowest BCUT2D eigenvalue weighted by Gasteiger charge is -2.05. The van der Waals surface area contributed by atoms with Gasteiger partial charge in [-0.25, -0.2) is 0 Å². The molecule has 0 saturated carbocycles. The number of hydrazone groups is 1. The molecular weight excluding hydrogens is 342 g/mol. The first-order chi connectivity index (χ1) is 9.49. The van der Waals surface area contributed by atoms with E-state index in [0.29, 0.717) is 11.4 Å². The highest BCUT2D eigenvalue weighted by molar-refractivity contribution is 9.10. The van der Waals surface area contributed by atoms with Gasteiger partial charge in [-0.3, -0.25) is 4.98 Å². The molecule has 2 aromatic rings. The molecule has 2 rings (SSSR count). The van der Waals surface area contributed by atoms with E-state index >= 15 is 0 Å². The zero-order valence-corrected chi connectivity index (χ0v) is 13.0. The molecule has 0 amide bonds. The lowest BCUT2D eigenvalue weighted by atomic mass is 10.3. The third-order valence-corrected chi connectivity index (χ3v) is 4.25. The topological polar surface area (TPSA) is 71.4 Å². The Morgan fingerprint density at radius 3 is 2.50 bits per heavy atom. The van der Waals surface area contributed by atoms with E-state index in [-0.39, 0.29) is 4.90 Å². The molecule has 0 aliphatic heterocycles. The van der Waals surface area contributed by atoms with E-state index < -0.39 is 10.0 Å². The van der Waals surface area contributed by atoms with E-state index in [9.17, 15) is 8.42 Å². The second-order valence-electron chi connectivity index (χ2n) is 3.96. The van der Waals surface area contributed by atoms with Crippen LogP contribution in [0.1, 0.15) is 12.6 Å². The summed E-state index contributed by atoms with van der Waals surface area (Å²) in [6, 6.07) is 11.7. The van der Waals surface area contributed by atoms with E-state index in [0.717, 1.165) is 4.47 Å². The summed E-state index contributed by atoms with van der Waals surface area (Å²) in [5, 5.41) is 3.87. The Morgan fingerprint density at radius 2 is 1.90 bits per heavy atom. The number of sulfonamides is 1. The smallest absolute Gasteiger partial charge is 0.255 e. The summed E-state index contributed by atoms with van der Waals surface area (Å²) in [5.41, 5.74) is 1.11. The van der Waals surface area contributed by atoms with Crippen LogP contribution in [0.25, 0.3) is 0 Å². The summed E-state index contributed by atoms with van der Waals surface area (Å²) in [6.45, 7) is 1.69. The number of pyridine rings is 1. The van der Waals surface area contributed by atoms with Crippen LogP contribution in [0.4, 0.5) is 0 Å². The van der Waals surface area contributed by atoms with Crippen molar-refractivity contribution in [1.82, 2.24) is 9.82 Å². The molecule has 0 aliphatic carbocycles. The predicted molar refractivity (Wildman–Crippen MR) is 80.9 cm³/mol. The molecule has 5 nitrogen and oxygen atoms in total. The summed E-state index contributed by atoms with van der Waals surface area (Å²) in [6.07, 6.45) is 1.62. The monoisotopic (exact) mass is 353 g/mol. The Morgan fingerprint density at radius 1 is 1.20 bits per heavy atom. The van der Waals surface area contributed by atoms with Gasteiger partial charge >= 0.3 is 0 Å². The van der Waals surface area contributed by atoms with Crippen molar-refractivity contribution in [1.29, 1.82) is 0 Å². The molecule has 0 bridgehead atoms. The molecule has 1 N–H and O–H groups in total. The summed E-state index contributed by atoms with van der Waals surface area (Å²) in [7, 11) is -3.67. The maximum Gasteiger partial charge on any atom is 0.276 e. The SMILES string of the molecule is C/C(=N\NS(=O)(=O)c1ccc(Br)cc1)c1ccccn1. The highest BCUT2D eigenvalue weighted by atomic mass is 79.9. The van der Waals surface area contributed by atoms with Crippen molar-refractivity contribution in [3.05, 3.63) is 58.8 Å². The van der Waals surface area contributed by atoms with Crippen molar-refractivity contribution in [2.75, 3.05) is 0 Å². The molecule has 0 unspecified atom stereocenters. The van der Waals surface area contributed by atoms with E-state index in [1.807, 2.05) is 6.07 Å². The van der Waals surface area contributed by atoms with E-state index in [1.165, 1.54) is 12.1 Å². The van der Waals surface area contributed by atoms with Gasteiger partial charge in [0, 0.05) is 10.7 Å². The molecule has 0 spiro atoms. The summed E-state index contributed by atoms with van der Waals surface area (Å²) in [4.78, 5) is 6.44. The molecule has 1 aromatic carbocycles. The van der Waals surface area contributed by atoms with Crippen LogP contribution in [-0.4, -0.2) is 19.1 Å². The van der Waals surface area contributed by atoms with Crippen molar-refractivity contribution >= 4 is 31.7 Å². The highest BCUT2D eigenvalue weighted by Crippen LogP contribution is 2.14. The molecule has 0 atom stereocenters. The zero-order valence-electron chi connectivity index (χ0n) is 10.6. The van der Waals surface area contributed by atoms with Gasteiger partial charge in [-0.1, -0.05) is 22.0 Å². The zero-order chi connectivity index (χ0) is 14.6. The van der Waals surface area contributed by atoms with Gasteiger partial charge in [0.1, 0.15) is 0 Å². The van der Waals surface area contributed by atoms with E-state index in [4.69, 9.17) is 0 Å². The molecule has 7 heteroatoms. The molecule has 0 saturated heterocycles. The quantitative estimate of drug-likeness (QED) is 0.678. The molecule has 20 heavy (non-hydrogen) atoms. The van der Waals surface area contributed by atoms with Gasteiger partial charge in [0.15, 0.2) is 0 Å². The number of halogens is 1. The molecule has 0 radical (unpaired) electrons. The van der Waals surface area contributed by atoms with Gasteiger partial charge in [-0.05, 0) is 43.3 Å². The highest BCUT2D eigenvalue weighted by Gasteiger charge is 2.12. The summed E-state index contributed by atoms with van der Waals surface area (Å²) >= 11 is 3.25. The number of hydrogen-bond donors (Lipinski definition) is 1. The fraction of sp³-hybridized carbons (Fsp3) is 0.0769. The first-order valence-corrected chi connectivity index (χ1v) is 8.00. The van der Waals surface area contributed by atoms with Crippen molar-refractivity contribution in [3.63, 3.8) is 0 Å². The van der Waals surface area contributed by atoms with Crippen LogP contribution in [0.3, 0.4) is 0 Å². The fourth-order valence-electron chi connectivity index (χ4n) is 1.43. The average molecular weight is 354 g/mol. The number of nitrogens with zero attached hydrogens (tertiary/aromatic N) is 2. The second kappa shape index (κ2) is 6.15. The van der Waals surface area contributed by atoms with Gasteiger partial charge in [0.25, 0.3) is 10.0 Å². The van der Waals surface area contributed by atoms with Gasteiger partial charge in [0.05, 0.1) is 16.3 Å².